The molecular formula is C20H21NO4S. The summed E-state index contributed by atoms with van der Waals surface area (Å²) in [4.78, 5) is 24.8. The summed E-state index contributed by atoms with van der Waals surface area (Å²) in [6.45, 7) is -0.412. The Balaban J connectivity index is 1.72. The fourth-order valence-corrected chi connectivity index (χ4v) is 4.47. The molecular weight excluding hydrogens is 350 g/mol. The monoisotopic (exact) mass is 371 g/mol. The maximum absolute atomic E-state index is 13.1. The molecule has 3 rings (SSSR count). The van der Waals surface area contributed by atoms with E-state index in [0.29, 0.717) is 11.4 Å². The molecule has 26 heavy (non-hydrogen) atoms. The van der Waals surface area contributed by atoms with Crippen molar-refractivity contribution in [2.24, 2.45) is 0 Å². The van der Waals surface area contributed by atoms with E-state index in [-0.39, 0.29) is 5.91 Å². The van der Waals surface area contributed by atoms with Gasteiger partial charge in [0.1, 0.15) is 5.75 Å². The number of carbonyl (C=O) groups is 2. The zero-order valence-electron chi connectivity index (χ0n) is 14.3. The number of amides is 1. The number of hydrogen-bond donors (Lipinski definition) is 2. The van der Waals surface area contributed by atoms with Gasteiger partial charge in [0, 0.05) is 16.6 Å². The lowest BCUT2D eigenvalue weighted by Crippen LogP contribution is -2.37. The van der Waals surface area contributed by atoms with Crippen molar-refractivity contribution in [3.05, 3.63) is 54.6 Å². The minimum Gasteiger partial charge on any atom is -0.482 e. The van der Waals surface area contributed by atoms with Gasteiger partial charge in [-0.25, -0.2) is 4.79 Å². The molecule has 5 nitrogen and oxygen atoms in total. The molecule has 1 fully saturated rings. The van der Waals surface area contributed by atoms with Gasteiger partial charge in [0.15, 0.2) is 6.61 Å². The lowest BCUT2D eigenvalue weighted by atomic mass is 10.1. The van der Waals surface area contributed by atoms with E-state index in [1.54, 1.807) is 36.0 Å². The Kier molecular flexibility index (Phi) is 5.83. The van der Waals surface area contributed by atoms with Crippen LogP contribution in [0.5, 0.6) is 5.75 Å². The Labute approximate surface area is 156 Å². The number of nitrogens with one attached hydrogen (secondary N) is 1. The quantitative estimate of drug-likeness (QED) is 0.763. The lowest BCUT2D eigenvalue weighted by Gasteiger charge is -2.27. The molecule has 0 aromatic heterocycles. The van der Waals surface area contributed by atoms with Gasteiger partial charge in [-0.05, 0) is 37.1 Å². The van der Waals surface area contributed by atoms with Gasteiger partial charge in [0.25, 0.3) is 0 Å². The molecule has 1 aliphatic carbocycles. The Morgan fingerprint density at radius 1 is 1.08 bits per heavy atom. The Hall–Kier alpha value is -2.47. The van der Waals surface area contributed by atoms with Crippen LogP contribution < -0.4 is 10.1 Å². The average molecular weight is 371 g/mol. The second-order valence-corrected chi connectivity index (χ2v) is 7.74. The number of anilines is 1. The number of rotatable bonds is 7. The van der Waals surface area contributed by atoms with Gasteiger partial charge < -0.3 is 15.2 Å². The van der Waals surface area contributed by atoms with Crippen LogP contribution >= 0.6 is 11.8 Å². The van der Waals surface area contributed by atoms with Crippen LogP contribution in [0, 0.1) is 0 Å². The van der Waals surface area contributed by atoms with E-state index in [4.69, 9.17) is 9.84 Å². The molecule has 0 unspecified atom stereocenters. The predicted molar refractivity (Wildman–Crippen MR) is 102 cm³/mol. The van der Waals surface area contributed by atoms with Gasteiger partial charge in [-0.1, -0.05) is 37.1 Å². The third kappa shape index (κ3) is 4.58. The third-order valence-corrected chi connectivity index (χ3v) is 5.83. The molecule has 0 atom stereocenters. The van der Waals surface area contributed by atoms with E-state index in [1.807, 2.05) is 30.3 Å². The summed E-state index contributed by atoms with van der Waals surface area (Å²) in [5, 5.41) is 11.7. The average Bonchev–Trinajstić information content (AvgIpc) is 3.11. The minimum absolute atomic E-state index is 0.0146. The fourth-order valence-electron chi connectivity index (χ4n) is 3.09. The summed E-state index contributed by atoms with van der Waals surface area (Å²) in [7, 11) is 0. The number of carboxylic acids is 1. The molecule has 2 aromatic carbocycles. The molecule has 0 bridgehead atoms. The first-order valence-corrected chi connectivity index (χ1v) is 9.39. The van der Waals surface area contributed by atoms with E-state index < -0.39 is 17.3 Å². The van der Waals surface area contributed by atoms with Crippen molar-refractivity contribution in [1.29, 1.82) is 0 Å². The molecule has 0 radical (unpaired) electrons. The van der Waals surface area contributed by atoms with Crippen molar-refractivity contribution < 1.29 is 19.4 Å². The summed E-state index contributed by atoms with van der Waals surface area (Å²) in [5.41, 5.74) is 0.609. The molecule has 1 amide bonds. The van der Waals surface area contributed by atoms with Gasteiger partial charge >= 0.3 is 5.97 Å². The Morgan fingerprint density at radius 3 is 2.50 bits per heavy atom. The number of ether oxygens (including phenoxy) is 1. The molecule has 0 spiro atoms. The van der Waals surface area contributed by atoms with Crippen molar-refractivity contribution in [2.75, 3.05) is 11.9 Å². The van der Waals surface area contributed by atoms with Crippen LogP contribution in [0.15, 0.2) is 59.5 Å². The summed E-state index contributed by atoms with van der Waals surface area (Å²) in [6, 6.07) is 16.8. The van der Waals surface area contributed by atoms with E-state index in [2.05, 4.69) is 5.32 Å². The topological polar surface area (TPSA) is 75.6 Å². The first kappa shape index (κ1) is 18.3. The standard InChI is InChI=1S/C20H21NO4S/c22-18(23)14-25-16-8-6-7-15(13-16)21-19(24)20(11-4-5-12-20)26-17-9-2-1-3-10-17/h1-3,6-10,13H,4-5,11-12,14H2,(H,21,24)(H,22,23). The number of carboxylic acid groups (broad SMARTS) is 1. The summed E-state index contributed by atoms with van der Waals surface area (Å²) < 4.78 is 4.71. The Morgan fingerprint density at radius 2 is 1.81 bits per heavy atom. The highest BCUT2D eigenvalue weighted by atomic mass is 32.2. The van der Waals surface area contributed by atoms with Gasteiger partial charge in [-0.3, -0.25) is 4.79 Å². The smallest absolute Gasteiger partial charge is 0.341 e. The molecule has 0 aliphatic heterocycles. The van der Waals surface area contributed by atoms with Crippen LogP contribution in [0.2, 0.25) is 0 Å². The van der Waals surface area contributed by atoms with Gasteiger partial charge in [-0.15, -0.1) is 11.8 Å². The Bertz CT molecular complexity index is 772. The highest BCUT2D eigenvalue weighted by Crippen LogP contribution is 2.46. The van der Waals surface area contributed by atoms with E-state index in [9.17, 15) is 9.59 Å². The number of hydrogen-bond acceptors (Lipinski definition) is 4. The highest BCUT2D eigenvalue weighted by molar-refractivity contribution is 8.01. The van der Waals surface area contributed by atoms with E-state index in [0.717, 1.165) is 30.6 Å². The second kappa shape index (κ2) is 8.27. The molecule has 0 saturated heterocycles. The molecule has 136 valence electrons. The summed E-state index contributed by atoms with van der Waals surface area (Å²) in [5.74, 6) is -0.635. The van der Waals surface area contributed by atoms with E-state index in [1.165, 1.54) is 0 Å². The van der Waals surface area contributed by atoms with Crippen LogP contribution in [-0.4, -0.2) is 28.3 Å². The number of carbonyl (C=O) groups excluding carboxylic acids is 1. The lowest BCUT2D eigenvalue weighted by molar-refractivity contribution is -0.139. The summed E-state index contributed by atoms with van der Waals surface area (Å²) in [6.07, 6.45) is 3.76. The minimum atomic E-state index is -1.04. The van der Waals surface area contributed by atoms with Gasteiger partial charge in [0.05, 0.1) is 4.75 Å². The van der Waals surface area contributed by atoms with Crippen LogP contribution in [0.25, 0.3) is 0 Å². The third-order valence-electron chi connectivity index (χ3n) is 4.34. The number of thioether (sulfide) groups is 1. The van der Waals surface area contributed by atoms with Crippen LogP contribution in [0.3, 0.4) is 0 Å². The SMILES string of the molecule is O=C(O)COc1cccc(NC(=O)C2(Sc3ccccc3)CCCC2)c1. The second-order valence-electron chi connectivity index (χ2n) is 6.28. The van der Waals surface area contributed by atoms with Crippen molar-refractivity contribution >= 4 is 29.3 Å². The van der Waals surface area contributed by atoms with Crippen LogP contribution in [0.1, 0.15) is 25.7 Å². The molecule has 2 N–H and O–H groups in total. The van der Waals surface area contributed by atoms with Crippen LogP contribution in [-0.2, 0) is 9.59 Å². The number of aliphatic carboxylic acids is 1. The predicted octanol–water partition coefficient (Wildman–Crippen LogP) is 4.19. The maximum Gasteiger partial charge on any atom is 0.341 e. The summed E-state index contributed by atoms with van der Waals surface area (Å²) >= 11 is 1.62. The molecule has 1 saturated carbocycles. The van der Waals surface area contributed by atoms with Gasteiger partial charge in [-0.2, -0.15) is 0 Å². The van der Waals surface area contributed by atoms with E-state index >= 15 is 0 Å². The molecule has 6 heteroatoms. The van der Waals surface area contributed by atoms with Crippen molar-refractivity contribution in [2.45, 2.75) is 35.3 Å². The van der Waals surface area contributed by atoms with Crippen molar-refractivity contribution in [1.82, 2.24) is 0 Å². The zero-order valence-corrected chi connectivity index (χ0v) is 15.1. The van der Waals surface area contributed by atoms with Gasteiger partial charge in [0.2, 0.25) is 5.91 Å². The van der Waals surface area contributed by atoms with Crippen molar-refractivity contribution in [3.8, 4) is 5.75 Å². The normalized spacial score (nSPS) is 15.4. The first-order valence-electron chi connectivity index (χ1n) is 8.58. The van der Waals surface area contributed by atoms with Crippen LogP contribution in [0.4, 0.5) is 5.69 Å². The highest BCUT2D eigenvalue weighted by Gasteiger charge is 2.42. The molecule has 2 aromatic rings. The number of benzene rings is 2. The molecule has 0 heterocycles. The maximum atomic E-state index is 13.1. The van der Waals surface area contributed by atoms with Crippen molar-refractivity contribution in [3.63, 3.8) is 0 Å². The fraction of sp³-hybridized carbons (Fsp3) is 0.300. The molecule has 1 aliphatic rings. The first-order chi connectivity index (χ1) is 12.6. The largest absolute Gasteiger partial charge is 0.482 e. The zero-order chi connectivity index (χ0) is 18.4.